The lowest BCUT2D eigenvalue weighted by atomic mass is 10.2. The molecule has 0 bridgehead atoms. The standard InChI is InChI=1S/C21H32N4O4S/c1-7-17-19(30(27,28)16-11-9-15(22)10-12-16)18(8-2)25(23-17)14-13-24(6)20(26)29-21(3,4)5/h9-12H,7-8,13-14,22H2,1-6H3. The predicted molar refractivity (Wildman–Crippen MR) is 116 cm³/mol. The van der Waals surface area contributed by atoms with Gasteiger partial charge in [0.25, 0.3) is 0 Å². The van der Waals surface area contributed by atoms with Crippen LogP contribution in [0, 0.1) is 0 Å². The fourth-order valence-electron chi connectivity index (χ4n) is 3.05. The largest absolute Gasteiger partial charge is 0.444 e. The first-order chi connectivity index (χ1) is 13.9. The van der Waals surface area contributed by atoms with Gasteiger partial charge in [-0.2, -0.15) is 5.10 Å². The van der Waals surface area contributed by atoms with Crippen molar-refractivity contribution in [1.29, 1.82) is 0 Å². The zero-order valence-electron chi connectivity index (χ0n) is 18.6. The van der Waals surface area contributed by atoms with Gasteiger partial charge in [0.1, 0.15) is 10.5 Å². The summed E-state index contributed by atoms with van der Waals surface area (Å²) in [6.07, 6.45) is 0.538. The highest BCUT2D eigenvalue weighted by Crippen LogP contribution is 2.29. The number of hydrogen-bond acceptors (Lipinski definition) is 6. The lowest BCUT2D eigenvalue weighted by Gasteiger charge is -2.24. The molecule has 0 unspecified atom stereocenters. The van der Waals surface area contributed by atoms with Crippen molar-refractivity contribution in [2.45, 2.75) is 69.4 Å². The Morgan fingerprint density at radius 1 is 1.17 bits per heavy atom. The number of sulfone groups is 1. The molecule has 1 aromatic heterocycles. The maximum Gasteiger partial charge on any atom is 0.410 e. The second-order valence-corrected chi connectivity index (χ2v) is 10.0. The third kappa shape index (κ3) is 5.33. The maximum atomic E-state index is 13.3. The SMILES string of the molecule is CCc1nn(CCN(C)C(=O)OC(C)(C)C)c(CC)c1S(=O)(=O)c1ccc(N)cc1. The molecule has 2 rings (SSSR count). The van der Waals surface area contributed by atoms with Crippen molar-refractivity contribution < 1.29 is 17.9 Å². The topological polar surface area (TPSA) is 108 Å². The molecule has 8 nitrogen and oxygen atoms in total. The van der Waals surface area contributed by atoms with Crippen molar-refractivity contribution in [2.24, 2.45) is 0 Å². The van der Waals surface area contributed by atoms with Crippen LogP contribution in [0.2, 0.25) is 0 Å². The van der Waals surface area contributed by atoms with Crippen LogP contribution in [-0.2, 0) is 34.0 Å². The fraction of sp³-hybridized carbons (Fsp3) is 0.524. The average Bonchev–Trinajstić information content (AvgIpc) is 3.03. The number of nitrogens with zero attached hydrogens (tertiary/aromatic N) is 3. The molecule has 1 heterocycles. The van der Waals surface area contributed by atoms with Crippen LogP contribution in [-0.4, -0.2) is 48.4 Å². The quantitative estimate of drug-likeness (QED) is 0.667. The number of ether oxygens (including phenoxy) is 1. The minimum Gasteiger partial charge on any atom is -0.444 e. The lowest BCUT2D eigenvalue weighted by Crippen LogP contribution is -2.36. The van der Waals surface area contributed by atoms with E-state index in [1.54, 1.807) is 23.9 Å². The molecular formula is C21H32N4O4S. The van der Waals surface area contributed by atoms with E-state index in [9.17, 15) is 13.2 Å². The Balaban J connectivity index is 2.35. The van der Waals surface area contributed by atoms with E-state index in [2.05, 4.69) is 5.10 Å². The summed E-state index contributed by atoms with van der Waals surface area (Å²) in [6, 6.07) is 6.17. The van der Waals surface area contributed by atoms with Gasteiger partial charge in [-0.1, -0.05) is 13.8 Å². The Bertz CT molecular complexity index is 989. The second-order valence-electron chi connectivity index (χ2n) is 8.13. The molecule has 0 aliphatic rings. The summed E-state index contributed by atoms with van der Waals surface area (Å²) in [5.41, 5.74) is 6.76. The third-order valence-electron chi connectivity index (χ3n) is 4.56. The molecule has 1 aromatic carbocycles. The first kappa shape index (κ1) is 23.7. The van der Waals surface area contributed by atoms with E-state index in [-0.39, 0.29) is 9.79 Å². The van der Waals surface area contributed by atoms with Gasteiger partial charge in [0, 0.05) is 19.3 Å². The van der Waals surface area contributed by atoms with Crippen LogP contribution in [0.25, 0.3) is 0 Å². The number of amides is 1. The van der Waals surface area contributed by atoms with Crippen LogP contribution in [0.4, 0.5) is 10.5 Å². The van der Waals surface area contributed by atoms with E-state index in [0.29, 0.717) is 43.0 Å². The van der Waals surface area contributed by atoms with Gasteiger partial charge < -0.3 is 15.4 Å². The van der Waals surface area contributed by atoms with Crippen molar-refractivity contribution in [3.8, 4) is 0 Å². The first-order valence-corrected chi connectivity index (χ1v) is 11.5. The van der Waals surface area contributed by atoms with Crippen LogP contribution in [0.1, 0.15) is 46.0 Å². The summed E-state index contributed by atoms with van der Waals surface area (Å²) < 4.78 is 33.7. The first-order valence-electron chi connectivity index (χ1n) is 10.0. The number of aryl methyl sites for hydroxylation is 1. The molecule has 30 heavy (non-hydrogen) atoms. The number of rotatable bonds is 7. The van der Waals surface area contributed by atoms with E-state index in [1.165, 1.54) is 17.0 Å². The summed E-state index contributed by atoms with van der Waals surface area (Å²) in [5.74, 6) is 0. The molecule has 1 amide bonds. The van der Waals surface area contributed by atoms with Crippen LogP contribution < -0.4 is 5.73 Å². The van der Waals surface area contributed by atoms with Crippen molar-refractivity contribution in [3.05, 3.63) is 35.7 Å². The Morgan fingerprint density at radius 2 is 1.77 bits per heavy atom. The van der Waals surface area contributed by atoms with Crippen molar-refractivity contribution >= 4 is 21.6 Å². The smallest absolute Gasteiger partial charge is 0.410 e. The molecular weight excluding hydrogens is 404 g/mol. The maximum absolute atomic E-state index is 13.3. The number of nitrogens with two attached hydrogens (primary N) is 1. The molecule has 0 aliphatic carbocycles. The average molecular weight is 437 g/mol. The highest BCUT2D eigenvalue weighted by atomic mass is 32.2. The molecule has 0 spiro atoms. The van der Waals surface area contributed by atoms with E-state index in [0.717, 1.165) is 0 Å². The summed E-state index contributed by atoms with van der Waals surface area (Å²) in [6.45, 7) is 9.90. The minimum atomic E-state index is -3.74. The number of likely N-dealkylation sites (N-methyl/N-ethyl adjacent to an activating group) is 1. The van der Waals surface area contributed by atoms with E-state index >= 15 is 0 Å². The van der Waals surface area contributed by atoms with Gasteiger partial charge in [0.2, 0.25) is 9.84 Å². The van der Waals surface area contributed by atoms with Gasteiger partial charge >= 0.3 is 6.09 Å². The van der Waals surface area contributed by atoms with E-state index < -0.39 is 21.5 Å². The lowest BCUT2D eigenvalue weighted by molar-refractivity contribution is 0.0291. The van der Waals surface area contributed by atoms with Gasteiger partial charge in [-0.3, -0.25) is 4.68 Å². The molecule has 9 heteroatoms. The number of hydrogen-bond donors (Lipinski definition) is 1. The summed E-state index contributed by atoms with van der Waals surface area (Å²) >= 11 is 0. The number of aromatic nitrogens is 2. The molecule has 0 atom stereocenters. The third-order valence-corrected chi connectivity index (χ3v) is 6.46. The second kappa shape index (κ2) is 9.07. The minimum absolute atomic E-state index is 0.187. The molecule has 2 N–H and O–H groups in total. The van der Waals surface area contributed by atoms with E-state index in [1.807, 2.05) is 34.6 Å². The fourth-order valence-corrected chi connectivity index (χ4v) is 4.83. The zero-order valence-corrected chi connectivity index (χ0v) is 19.4. The Labute approximate surface area is 178 Å². The normalized spacial score (nSPS) is 12.1. The number of carbonyl (C=O) groups excluding carboxylic acids is 1. The van der Waals surface area contributed by atoms with Crippen LogP contribution >= 0.6 is 0 Å². The predicted octanol–water partition coefficient (Wildman–Crippen LogP) is 3.29. The number of nitrogen functional groups attached to an aromatic ring is 1. The molecule has 0 saturated heterocycles. The number of anilines is 1. The Kier molecular flexibility index (Phi) is 7.18. The van der Waals surface area contributed by atoms with Crippen molar-refractivity contribution in [1.82, 2.24) is 14.7 Å². The summed E-state index contributed by atoms with van der Waals surface area (Å²) in [7, 11) is -2.09. The van der Waals surface area contributed by atoms with Gasteiger partial charge in [-0.05, 0) is 57.9 Å². The number of benzene rings is 1. The van der Waals surface area contributed by atoms with Gasteiger partial charge in [-0.15, -0.1) is 0 Å². The number of carbonyl (C=O) groups is 1. The molecule has 2 aromatic rings. The Hall–Kier alpha value is -2.55. The van der Waals surface area contributed by atoms with Crippen LogP contribution in [0.5, 0.6) is 0 Å². The van der Waals surface area contributed by atoms with Crippen molar-refractivity contribution in [3.63, 3.8) is 0 Å². The monoisotopic (exact) mass is 436 g/mol. The van der Waals surface area contributed by atoms with Gasteiger partial charge in [-0.25, -0.2) is 13.2 Å². The van der Waals surface area contributed by atoms with Gasteiger partial charge in [0.05, 0.1) is 22.8 Å². The zero-order chi connectivity index (χ0) is 22.7. The summed E-state index contributed by atoms with van der Waals surface area (Å²) in [5, 5.41) is 4.55. The molecule has 0 aliphatic heterocycles. The van der Waals surface area contributed by atoms with Crippen molar-refractivity contribution in [2.75, 3.05) is 19.3 Å². The molecule has 0 radical (unpaired) electrons. The highest BCUT2D eigenvalue weighted by Gasteiger charge is 2.29. The molecule has 0 fully saturated rings. The highest BCUT2D eigenvalue weighted by molar-refractivity contribution is 7.91. The van der Waals surface area contributed by atoms with Crippen LogP contribution in [0.3, 0.4) is 0 Å². The van der Waals surface area contributed by atoms with Gasteiger partial charge in [0.15, 0.2) is 0 Å². The Morgan fingerprint density at radius 3 is 2.27 bits per heavy atom. The van der Waals surface area contributed by atoms with Crippen LogP contribution in [0.15, 0.2) is 34.1 Å². The summed E-state index contributed by atoms with van der Waals surface area (Å²) in [4.78, 5) is 14.1. The molecule has 0 saturated carbocycles. The van der Waals surface area contributed by atoms with E-state index in [4.69, 9.17) is 10.5 Å². The molecule has 166 valence electrons.